The molecule has 0 radical (unpaired) electrons. The molecule has 3 rings (SSSR count). The fraction of sp³-hybridized carbons (Fsp3) is 0.714. The molecule has 2 fully saturated rings. The second kappa shape index (κ2) is 4.56. The average Bonchev–Trinajstić information content (AvgIpc) is 2.78. The van der Waals surface area contributed by atoms with Crippen LogP contribution in [0.2, 0.25) is 0 Å². The van der Waals surface area contributed by atoms with Crippen molar-refractivity contribution >= 4 is 5.82 Å². The molecule has 2 saturated heterocycles. The highest BCUT2D eigenvalue weighted by molar-refractivity contribution is 5.38. The van der Waals surface area contributed by atoms with Gasteiger partial charge < -0.3 is 18.9 Å². The highest BCUT2D eigenvalue weighted by Crippen LogP contribution is 2.35. The van der Waals surface area contributed by atoms with Crippen molar-refractivity contribution in [2.75, 3.05) is 31.2 Å². The molecule has 2 aliphatic heterocycles. The van der Waals surface area contributed by atoms with Crippen molar-refractivity contribution < 1.29 is 9.47 Å². The molecule has 1 unspecified atom stereocenters. The molecule has 1 aromatic heterocycles. The molecule has 1 atom stereocenters. The lowest BCUT2D eigenvalue weighted by Crippen LogP contribution is -2.61. The van der Waals surface area contributed by atoms with Crippen LogP contribution in [0.4, 0.5) is 5.82 Å². The highest BCUT2D eigenvalue weighted by atomic mass is 16.6. The Kier molecular flexibility index (Phi) is 3.10. The Morgan fingerprint density at radius 2 is 2.15 bits per heavy atom. The first-order valence-corrected chi connectivity index (χ1v) is 6.95. The second-order valence-corrected chi connectivity index (χ2v) is 6.37. The lowest BCUT2D eigenvalue weighted by atomic mass is 9.95. The summed E-state index contributed by atoms with van der Waals surface area (Å²) >= 11 is 0. The summed E-state index contributed by atoms with van der Waals surface area (Å²) in [7, 11) is 1.74. The van der Waals surface area contributed by atoms with E-state index >= 15 is 0 Å². The monoisotopic (exact) mass is 279 g/mol. The number of aryl methyl sites for hydroxylation is 1. The van der Waals surface area contributed by atoms with E-state index in [2.05, 4.69) is 4.98 Å². The number of hydrogen-bond donors (Lipinski definition) is 0. The molecule has 1 spiro atoms. The molecule has 2 aliphatic rings. The van der Waals surface area contributed by atoms with Crippen LogP contribution in [0.3, 0.4) is 0 Å². The molecular weight excluding hydrogens is 258 g/mol. The molecular formula is C14H21N3O3. The zero-order chi connectivity index (χ0) is 14.4. The molecule has 0 aliphatic carbocycles. The van der Waals surface area contributed by atoms with E-state index in [0.717, 1.165) is 6.42 Å². The number of anilines is 1. The Hall–Kier alpha value is -1.40. The van der Waals surface area contributed by atoms with Gasteiger partial charge in [0.1, 0.15) is 5.60 Å². The Bertz CT molecular complexity index is 561. The summed E-state index contributed by atoms with van der Waals surface area (Å²) in [5.74, 6) is 0.498. The zero-order valence-corrected chi connectivity index (χ0v) is 12.3. The highest BCUT2D eigenvalue weighted by Gasteiger charge is 2.47. The summed E-state index contributed by atoms with van der Waals surface area (Å²) in [5, 5.41) is 0. The predicted octanol–water partition coefficient (Wildman–Crippen LogP) is 0.555. The van der Waals surface area contributed by atoms with Crippen LogP contribution in [0, 0.1) is 0 Å². The molecule has 1 aromatic rings. The maximum absolute atomic E-state index is 12.3. The van der Waals surface area contributed by atoms with Crippen molar-refractivity contribution in [3.8, 4) is 0 Å². The topological polar surface area (TPSA) is 56.6 Å². The second-order valence-electron chi connectivity index (χ2n) is 6.37. The lowest BCUT2D eigenvalue weighted by Gasteiger charge is -2.48. The third kappa shape index (κ3) is 2.33. The van der Waals surface area contributed by atoms with Gasteiger partial charge in [-0.1, -0.05) is 0 Å². The van der Waals surface area contributed by atoms with Gasteiger partial charge in [-0.05, 0) is 13.8 Å². The van der Waals surface area contributed by atoms with Crippen LogP contribution in [-0.2, 0) is 16.5 Å². The minimum Gasteiger partial charge on any atom is -0.378 e. The summed E-state index contributed by atoms with van der Waals surface area (Å²) in [5.41, 5.74) is -0.710. The van der Waals surface area contributed by atoms with Crippen LogP contribution in [0.15, 0.2) is 17.2 Å². The molecule has 110 valence electrons. The van der Waals surface area contributed by atoms with Crippen LogP contribution >= 0.6 is 0 Å². The molecule has 0 N–H and O–H groups in total. The lowest BCUT2D eigenvalue weighted by molar-refractivity contribution is -0.151. The van der Waals surface area contributed by atoms with Gasteiger partial charge in [-0.15, -0.1) is 0 Å². The van der Waals surface area contributed by atoms with Crippen LogP contribution in [-0.4, -0.2) is 47.1 Å². The van der Waals surface area contributed by atoms with Crippen LogP contribution in [0.5, 0.6) is 0 Å². The fourth-order valence-corrected chi connectivity index (χ4v) is 3.16. The van der Waals surface area contributed by atoms with Crippen LogP contribution < -0.4 is 10.5 Å². The summed E-state index contributed by atoms with van der Waals surface area (Å²) < 4.78 is 13.3. The van der Waals surface area contributed by atoms with Gasteiger partial charge in [0.05, 0.1) is 18.8 Å². The first kappa shape index (κ1) is 13.6. The summed E-state index contributed by atoms with van der Waals surface area (Å²) in [4.78, 5) is 18.6. The number of aromatic nitrogens is 2. The van der Waals surface area contributed by atoms with E-state index in [9.17, 15) is 4.79 Å². The number of ether oxygens (including phenoxy) is 2. The van der Waals surface area contributed by atoms with Crippen molar-refractivity contribution in [2.45, 2.75) is 31.5 Å². The van der Waals surface area contributed by atoms with Crippen LogP contribution in [0.1, 0.15) is 20.3 Å². The summed E-state index contributed by atoms with van der Waals surface area (Å²) in [6.45, 7) is 6.70. The first-order valence-electron chi connectivity index (χ1n) is 6.95. The summed E-state index contributed by atoms with van der Waals surface area (Å²) in [6.07, 6.45) is 4.20. The van der Waals surface area contributed by atoms with Gasteiger partial charge in [0, 0.05) is 39.0 Å². The normalized spacial score (nSPS) is 29.1. The molecule has 0 amide bonds. The Morgan fingerprint density at radius 3 is 2.85 bits per heavy atom. The fourth-order valence-electron chi connectivity index (χ4n) is 3.16. The number of rotatable bonds is 1. The largest absolute Gasteiger partial charge is 0.378 e. The van der Waals surface area contributed by atoms with Gasteiger partial charge in [0.15, 0.2) is 5.82 Å². The SMILES string of the molecule is Cn1ccnc(N2CC(C)(C)OC3(CCOC3)C2)c1=O. The van der Waals surface area contributed by atoms with Crippen molar-refractivity contribution in [1.82, 2.24) is 9.55 Å². The van der Waals surface area contributed by atoms with Crippen molar-refractivity contribution in [1.29, 1.82) is 0 Å². The van der Waals surface area contributed by atoms with Crippen molar-refractivity contribution in [3.05, 3.63) is 22.7 Å². The molecule has 3 heterocycles. The molecule has 20 heavy (non-hydrogen) atoms. The van der Waals surface area contributed by atoms with E-state index < -0.39 is 0 Å². The maximum atomic E-state index is 12.3. The van der Waals surface area contributed by atoms with E-state index in [1.165, 1.54) is 0 Å². The third-order valence-corrected chi connectivity index (χ3v) is 3.91. The van der Waals surface area contributed by atoms with E-state index in [0.29, 0.717) is 32.1 Å². The minimum atomic E-state index is -0.325. The average molecular weight is 279 g/mol. The number of nitrogens with zero attached hydrogens (tertiary/aromatic N) is 3. The Morgan fingerprint density at radius 1 is 1.35 bits per heavy atom. The van der Waals surface area contributed by atoms with E-state index in [4.69, 9.17) is 9.47 Å². The molecule has 0 aromatic carbocycles. The smallest absolute Gasteiger partial charge is 0.293 e. The number of hydrogen-bond acceptors (Lipinski definition) is 5. The van der Waals surface area contributed by atoms with E-state index in [-0.39, 0.29) is 16.8 Å². The van der Waals surface area contributed by atoms with Gasteiger partial charge >= 0.3 is 0 Å². The van der Waals surface area contributed by atoms with Crippen molar-refractivity contribution in [3.63, 3.8) is 0 Å². The zero-order valence-electron chi connectivity index (χ0n) is 12.3. The number of morpholine rings is 1. The van der Waals surface area contributed by atoms with Gasteiger partial charge in [0.25, 0.3) is 5.56 Å². The Labute approximate surface area is 118 Å². The molecule has 6 nitrogen and oxygen atoms in total. The molecule has 0 saturated carbocycles. The molecule has 6 heteroatoms. The Balaban J connectivity index is 1.96. The molecule has 0 bridgehead atoms. The van der Waals surface area contributed by atoms with Gasteiger partial charge in [-0.3, -0.25) is 4.79 Å². The van der Waals surface area contributed by atoms with Gasteiger partial charge in [-0.2, -0.15) is 0 Å². The van der Waals surface area contributed by atoms with E-state index in [1.54, 1.807) is 24.0 Å². The van der Waals surface area contributed by atoms with E-state index in [1.807, 2.05) is 18.7 Å². The van der Waals surface area contributed by atoms with Gasteiger partial charge in [0.2, 0.25) is 0 Å². The van der Waals surface area contributed by atoms with Crippen molar-refractivity contribution in [2.24, 2.45) is 7.05 Å². The summed E-state index contributed by atoms with van der Waals surface area (Å²) in [6, 6.07) is 0. The third-order valence-electron chi connectivity index (χ3n) is 3.91. The van der Waals surface area contributed by atoms with Gasteiger partial charge in [-0.25, -0.2) is 4.98 Å². The quantitative estimate of drug-likeness (QED) is 0.751. The maximum Gasteiger partial charge on any atom is 0.293 e. The first-order chi connectivity index (χ1) is 9.41. The minimum absolute atomic E-state index is 0.0701. The predicted molar refractivity (Wildman–Crippen MR) is 75.0 cm³/mol. The van der Waals surface area contributed by atoms with Crippen LogP contribution in [0.25, 0.3) is 0 Å². The standard InChI is InChI=1S/C14H21N3O3/c1-13(2)8-17(9-14(20-13)4-7-19-10-14)11-12(18)16(3)6-5-15-11/h5-6H,4,7-10H2,1-3H3.